The van der Waals surface area contributed by atoms with Crippen molar-refractivity contribution in [3.63, 3.8) is 0 Å². The van der Waals surface area contributed by atoms with Gasteiger partial charge in [0.2, 0.25) is 5.89 Å². The molecule has 2 N–H and O–H groups in total. The molecule has 2 aromatic heterocycles. The Kier molecular flexibility index (Phi) is 6.76. The van der Waals surface area contributed by atoms with Crippen LogP contribution >= 0.6 is 0 Å². The van der Waals surface area contributed by atoms with Crippen LogP contribution in [0, 0.1) is 6.92 Å². The lowest BCUT2D eigenvalue weighted by molar-refractivity contribution is 0.379. The first kappa shape index (κ1) is 19.9. The average molecular weight is 361 g/mol. The standard InChI is InChI=1S/C18H31N7O/c1-7-8-9-19-17(21-11-15-24-23-13(2)25(15)6)22-12-16-20-10-14(26-16)18(3,4)5/h10H,7-9,11-12H2,1-6H3,(H2,19,21,22). The smallest absolute Gasteiger partial charge is 0.213 e. The van der Waals surface area contributed by atoms with Gasteiger partial charge in [-0.05, 0) is 13.3 Å². The van der Waals surface area contributed by atoms with Gasteiger partial charge in [0.05, 0.1) is 12.7 Å². The van der Waals surface area contributed by atoms with Crippen LogP contribution in [0.2, 0.25) is 0 Å². The molecule has 0 aromatic carbocycles. The van der Waals surface area contributed by atoms with E-state index in [9.17, 15) is 0 Å². The maximum Gasteiger partial charge on any atom is 0.213 e. The molecule has 0 amide bonds. The number of nitrogens with one attached hydrogen (secondary N) is 2. The number of aliphatic imine (C=N–C) groups is 1. The molecule has 144 valence electrons. The highest BCUT2D eigenvalue weighted by atomic mass is 16.4. The summed E-state index contributed by atoms with van der Waals surface area (Å²) in [6.45, 7) is 12.2. The molecule has 0 fully saturated rings. The van der Waals surface area contributed by atoms with Crippen LogP contribution in [-0.4, -0.2) is 32.3 Å². The first-order valence-corrected chi connectivity index (χ1v) is 9.13. The van der Waals surface area contributed by atoms with Crippen LogP contribution in [-0.2, 0) is 25.6 Å². The maximum atomic E-state index is 5.83. The molecule has 0 unspecified atom stereocenters. The number of hydrogen-bond acceptors (Lipinski definition) is 5. The van der Waals surface area contributed by atoms with Crippen molar-refractivity contribution in [1.29, 1.82) is 0 Å². The molecule has 0 spiro atoms. The van der Waals surface area contributed by atoms with E-state index < -0.39 is 0 Å². The van der Waals surface area contributed by atoms with Crippen molar-refractivity contribution in [2.45, 2.75) is 66.0 Å². The largest absolute Gasteiger partial charge is 0.443 e. The second-order valence-corrected chi connectivity index (χ2v) is 7.39. The normalized spacial score (nSPS) is 12.5. The Bertz CT molecular complexity index is 724. The Labute approximate surface area is 155 Å². The summed E-state index contributed by atoms with van der Waals surface area (Å²) in [5.74, 6) is 3.94. The number of hydrogen-bond donors (Lipinski definition) is 2. The minimum Gasteiger partial charge on any atom is -0.443 e. The summed E-state index contributed by atoms with van der Waals surface area (Å²) in [5, 5.41) is 14.8. The van der Waals surface area contributed by atoms with Crippen molar-refractivity contribution in [2.24, 2.45) is 12.0 Å². The van der Waals surface area contributed by atoms with E-state index in [1.165, 1.54) is 0 Å². The molecule has 0 aliphatic rings. The van der Waals surface area contributed by atoms with E-state index >= 15 is 0 Å². The van der Waals surface area contributed by atoms with E-state index in [2.05, 4.69) is 58.5 Å². The maximum absolute atomic E-state index is 5.83. The predicted molar refractivity (Wildman–Crippen MR) is 102 cm³/mol. The summed E-state index contributed by atoms with van der Waals surface area (Å²) in [6, 6.07) is 0. The van der Waals surface area contributed by atoms with Crippen LogP contribution in [0.25, 0.3) is 0 Å². The van der Waals surface area contributed by atoms with Gasteiger partial charge in [-0.2, -0.15) is 0 Å². The van der Waals surface area contributed by atoms with E-state index in [0.29, 0.717) is 19.0 Å². The Balaban J connectivity index is 2.00. The number of oxazole rings is 1. The zero-order valence-corrected chi connectivity index (χ0v) is 16.8. The summed E-state index contributed by atoms with van der Waals surface area (Å²) in [7, 11) is 1.94. The molecule has 8 heteroatoms. The van der Waals surface area contributed by atoms with E-state index in [0.717, 1.165) is 42.8 Å². The number of guanidine groups is 1. The van der Waals surface area contributed by atoms with E-state index in [1.54, 1.807) is 6.20 Å². The zero-order chi connectivity index (χ0) is 19.2. The van der Waals surface area contributed by atoms with Crippen molar-refractivity contribution in [3.05, 3.63) is 29.5 Å². The lowest BCUT2D eigenvalue weighted by Crippen LogP contribution is -2.37. The van der Waals surface area contributed by atoms with Crippen LogP contribution < -0.4 is 10.6 Å². The van der Waals surface area contributed by atoms with Gasteiger partial charge in [0.25, 0.3) is 0 Å². The molecule has 26 heavy (non-hydrogen) atoms. The molecule has 0 aliphatic carbocycles. The number of aromatic nitrogens is 4. The third kappa shape index (κ3) is 5.57. The van der Waals surface area contributed by atoms with Gasteiger partial charge in [0, 0.05) is 19.0 Å². The van der Waals surface area contributed by atoms with Crippen LogP contribution in [0.15, 0.2) is 15.6 Å². The summed E-state index contributed by atoms with van der Waals surface area (Å²) in [6.07, 6.45) is 4.00. The lowest BCUT2D eigenvalue weighted by atomic mass is 9.94. The predicted octanol–water partition coefficient (Wildman–Crippen LogP) is 2.44. The molecule has 0 saturated carbocycles. The monoisotopic (exact) mass is 361 g/mol. The van der Waals surface area contributed by atoms with Crippen LogP contribution in [0.1, 0.15) is 63.8 Å². The zero-order valence-electron chi connectivity index (χ0n) is 16.8. The molecule has 0 saturated heterocycles. The van der Waals surface area contributed by atoms with E-state index in [4.69, 9.17) is 4.42 Å². The average Bonchev–Trinajstić information content (AvgIpc) is 3.18. The minimum atomic E-state index is -0.0510. The fourth-order valence-corrected chi connectivity index (χ4v) is 2.19. The fourth-order valence-electron chi connectivity index (χ4n) is 2.19. The topological polar surface area (TPSA) is 93.2 Å². The quantitative estimate of drug-likeness (QED) is 0.447. The third-order valence-electron chi connectivity index (χ3n) is 4.08. The van der Waals surface area contributed by atoms with Gasteiger partial charge in [-0.3, -0.25) is 0 Å². The van der Waals surface area contributed by atoms with Crippen molar-refractivity contribution in [3.8, 4) is 0 Å². The molecule has 8 nitrogen and oxygen atoms in total. The summed E-state index contributed by atoms with van der Waals surface area (Å²) in [5.41, 5.74) is -0.0510. The number of unbranched alkanes of at least 4 members (excludes halogenated alkanes) is 1. The second kappa shape index (κ2) is 8.82. The van der Waals surface area contributed by atoms with Crippen LogP contribution in [0.5, 0.6) is 0 Å². The van der Waals surface area contributed by atoms with Gasteiger partial charge < -0.3 is 19.6 Å². The molecule has 2 heterocycles. The van der Waals surface area contributed by atoms with Crippen molar-refractivity contribution >= 4 is 5.96 Å². The minimum absolute atomic E-state index is 0.0510. The molecule has 0 bridgehead atoms. The first-order valence-electron chi connectivity index (χ1n) is 9.13. The molecular formula is C18H31N7O. The van der Waals surface area contributed by atoms with Gasteiger partial charge in [-0.15, -0.1) is 10.2 Å². The highest BCUT2D eigenvalue weighted by Gasteiger charge is 2.19. The van der Waals surface area contributed by atoms with Crippen molar-refractivity contribution < 1.29 is 4.42 Å². The fraction of sp³-hybridized carbons (Fsp3) is 0.667. The van der Waals surface area contributed by atoms with Gasteiger partial charge in [0.1, 0.15) is 18.1 Å². The summed E-state index contributed by atoms with van der Waals surface area (Å²) < 4.78 is 7.77. The summed E-state index contributed by atoms with van der Waals surface area (Å²) >= 11 is 0. The van der Waals surface area contributed by atoms with Gasteiger partial charge in [-0.25, -0.2) is 9.98 Å². The Morgan fingerprint density at radius 2 is 2.04 bits per heavy atom. The molecule has 2 aromatic rings. The SMILES string of the molecule is CCCCNC(=NCc1nnc(C)n1C)NCc1ncc(C(C)(C)C)o1. The Hall–Kier alpha value is -2.38. The van der Waals surface area contributed by atoms with Crippen molar-refractivity contribution in [2.75, 3.05) is 6.54 Å². The number of rotatable bonds is 7. The molecule has 2 rings (SSSR count). The van der Waals surface area contributed by atoms with E-state index in [-0.39, 0.29) is 5.41 Å². The Morgan fingerprint density at radius 1 is 1.27 bits per heavy atom. The highest BCUT2D eigenvalue weighted by Crippen LogP contribution is 2.22. The number of aryl methyl sites for hydroxylation is 1. The molecule has 0 atom stereocenters. The second-order valence-electron chi connectivity index (χ2n) is 7.39. The first-order chi connectivity index (χ1) is 12.3. The molecule has 0 aliphatic heterocycles. The lowest BCUT2D eigenvalue weighted by Gasteiger charge is -2.13. The molecule has 0 radical (unpaired) electrons. The van der Waals surface area contributed by atoms with Crippen LogP contribution in [0.4, 0.5) is 0 Å². The molecular weight excluding hydrogens is 330 g/mol. The van der Waals surface area contributed by atoms with Gasteiger partial charge in [0.15, 0.2) is 11.8 Å². The van der Waals surface area contributed by atoms with Gasteiger partial charge >= 0.3 is 0 Å². The van der Waals surface area contributed by atoms with Gasteiger partial charge in [-0.1, -0.05) is 34.1 Å². The van der Waals surface area contributed by atoms with Crippen molar-refractivity contribution in [1.82, 2.24) is 30.4 Å². The number of nitrogens with zero attached hydrogens (tertiary/aromatic N) is 5. The Morgan fingerprint density at radius 3 is 2.62 bits per heavy atom. The summed E-state index contributed by atoms with van der Waals surface area (Å²) in [4.78, 5) is 8.96. The van der Waals surface area contributed by atoms with E-state index in [1.807, 2.05) is 18.5 Å². The van der Waals surface area contributed by atoms with Crippen LogP contribution in [0.3, 0.4) is 0 Å². The highest BCUT2D eigenvalue weighted by molar-refractivity contribution is 5.79. The third-order valence-corrected chi connectivity index (χ3v) is 4.08.